The lowest BCUT2D eigenvalue weighted by Crippen LogP contribution is -2.36. The summed E-state index contributed by atoms with van der Waals surface area (Å²) in [5, 5.41) is 0. The zero-order valence-corrected chi connectivity index (χ0v) is 7.59. The first-order chi connectivity index (χ1) is 5.83. The lowest BCUT2D eigenvalue weighted by atomic mass is 10.1. The van der Waals surface area contributed by atoms with Gasteiger partial charge in [-0.25, -0.2) is 0 Å². The Kier molecular flexibility index (Phi) is 4.01. The van der Waals surface area contributed by atoms with Gasteiger partial charge in [0.15, 0.2) is 0 Å². The molecule has 0 saturated carbocycles. The van der Waals surface area contributed by atoms with Gasteiger partial charge in [0.05, 0.1) is 6.54 Å². The second-order valence-electron chi connectivity index (χ2n) is 3.35. The van der Waals surface area contributed by atoms with E-state index < -0.39 is 0 Å². The van der Waals surface area contributed by atoms with Gasteiger partial charge in [-0.1, -0.05) is 6.08 Å². The first-order valence-electron chi connectivity index (χ1n) is 4.68. The summed E-state index contributed by atoms with van der Waals surface area (Å²) in [6, 6.07) is 0. The van der Waals surface area contributed by atoms with Crippen LogP contribution in [0.2, 0.25) is 0 Å². The van der Waals surface area contributed by atoms with Crippen molar-refractivity contribution in [2.24, 2.45) is 0 Å². The summed E-state index contributed by atoms with van der Waals surface area (Å²) in [4.78, 5) is 13.3. The van der Waals surface area contributed by atoms with Gasteiger partial charge in [0.1, 0.15) is 5.78 Å². The molecule has 1 aliphatic heterocycles. The van der Waals surface area contributed by atoms with Gasteiger partial charge in [0.2, 0.25) is 0 Å². The maximum Gasteiger partial charge on any atom is 0.146 e. The Labute approximate surface area is 74.2 Å². The number of ketones is 1. The molecule has 2 heteroatoms. The predicted molar refractivity (Wildman–Crippen MR) is 50.1 cm³/mol. The van der Waals surface area contributed by atoms with Gasteiger partial charge in [-0.2, -0.15) is 0 Å². The molecule has 68 valence electrons. The van der Waals surface area contributed by atoms with Crippen molar-refractivity contribution in [3.05, 3.63) is 12.7 Å². The number of likely N-dealkylation sites (tertiary alicyclic amines) is 1. The summed E-state index contributed by atoms with van der Waals surface area (Å²) in [7, 11) is 0. The van der Waals surface area contributed by atoms with Gasteiger partial charge in [-0.15, -0.1) is 6.58 Å². The molecule has 0 atom stereocenters. The van der Waals surface area contributed by atoms with Crippen molar-refractivity contribution in [2.45, 2.75) is 25.7 Å². The van der Waals surface area contributed by atoms with Crippen LogP contribution < -0.4 is 0 Å². The Morgan fingerprint density at radius 1 is 1.58 bits per heavy atom. The zero-order chi connectivity index (χ0) is 8.81. The van der Waals surface area contributed by atoms with Crippen molar-refractivity contribution in [3.63, 3.8) is 0 Å². The molecule has 0 aromatic rings. The smallest absolute Gasteiger partial charge is 0.146 e. The van der Waals surface area contributed by atoms with E-state index in [1.165, 1.54) is 0 Å². The van der Waals surface area contributed by atoms with Crippen LogP contribution in [0.15, 0.2) is 12.7 Å². The van der Waals surface area contributed by atoms with Gasteiger partial charge < -0.3 is 0 Å². The van der Waals surface area contributed by atoms with Gasteiger partial charge >= 0.3 is 0 Å². The summed E-state index contributed by atoms with van der Waals surface area (Å²) in [6.45, 7) is 6.50. The quantitative estimate of drug-likeness (QED) is 0.468. The topological polar surface area (TPSA) is 20.3 Å². The molecule has 2 nitrogen and oxygen atoms in total. The van der Waals surface area contributed by atoms with Gasteiger partial charge in [0.25, 0.3) is 0 Å². The highest BCUT2D eigenvalue weighted by Crippen LogP contribution is 2.06. The zero-order valence-electron chi connectivity index (χ0n) is 7.59. The van der Waals surface area contributed by atoms with E-state index in [2.05, 4.69) is 11.5 Å². The van der Waals surface area contributed by atoms with Crippen LogP contribution in [0.25, 0.3) is 0 Å². The van der Waals surface area contributed by atoms with Crippen molar-refractivity contribution in [1.82, 2.24) is 4.90 Å². The first-order valence-corrected chi connectivity index (χ1v) is 4.68. The van der Waals surface area contributed by atoms with Crippen LogP contribution in [0.3, 0.4) is 0 Å². The molecule has 0 aromatic carbocycles. The van der Waals surface area contributed by atoms with E-state index in [9.17, 15) is 4.79 Å². The normalized spacial score (nSPS) is 19.5. The van der Waals surface area contributed by atoms with Crippen molar-refractivity contribution in [2.75, 3.05) is 19.6 Å². The number of piperidine rings is 1. The molecule has 0 radical (unpaired) electrons. The Morgan fingerprint density at radius 2 is 2.42 bits per heavy atom. The fraction of sp³-hybridized carbons (Fsp3) is 0.700. The summed E-state index contributed by atoms with van der Waals surface area (Å²) >= 11 is 0. The number of unbranched alkanes of at least 4 members (excludes halogenated alkanes) is 1. The fourth-order valence-corrected chi connectivity index (χ4v) is 1.56. The van der Waals surface area contributed by atoms with Gasteiger partial charge in [0, 0.05) is 6.42 Å². The first kappa shape index (κ1) is 9.46. The molecule has 1 aliphatic rings. The molecule has 0 N–H and O–H groups in total. The van der Waals surface area contributed by atoms with E-state index in [0.717, 1.165) is 38.8 Å². The van der Waals surface area contributed by atoms with E-state index >= 15 is 0 Å². The lowest BCUT2D eigenvalue weighted by molar-refractivity contribution is -0.122. The maximum atomic E-state index is 11.0. The van der Waals surface area contributed by atoms with Crippen LogP contribution in [0, 0.1) is 0 Å². The predicted octanol–water partition coefficient (Wildman–Crippen LogP) is 1.62. The minimum absolute atomic E-state index is 0.403. The molecule has 0 spiro atoms. The average Bonchev–Trinajstić information content (AvgIpc) is 2.05. The number of hydrogen-bond acceptors (Lipinski definition) is 2. The molecule has 12 heavy (non-hydrogen) atoms. The number of hydrogen-bond donors (Lipinski definition) is 0. The minimum atomic E-state index is 0.403. The molecule has 1 heterocycles. The highest BCUT2D eigenvalue weighted by atomic mass is 16.1. The monoisotopic (exact) mass is 167 g/mol. The molecular formula is C10H17NO. The third-order valence-electron chi connectivity index (χ3n) is 2.21. The fourth-order valence-electron chi connectivity index (χ4n) is 1.56. The average molecular weight is 167 g/mol. The van der Waals surface area contributed by atoms with E-state index in [1.54, 1.807) is 0 Å². The molecule has 0 aromatic heterocycles. The van der Waals surface area contributed by atoms with Crippen LogP contribution in [0.4, 0.5) is 0 Å². The Morgan fingerprint density at radius 3 is 3.08 bits per heavy atom. The van der Waals surface area contributed by atoms with Crippen LogP contribution in [0.5, 0.6) is 0 Å². The van der Waals surface area contributed by atoms with Gasteiger partial charge in [-0.3, -0.25) is 9.69 Å². The number of rotatable bonds is 4. The standard InChI is InChI=1S/C10H17NO/c1-2-3-4-7-11-8-5-6-10(12)9-11/h2H,1,3-9H2. The van der Waals surface area contributed by atoms with E-state index in [-0.39, 0.29) is 0 Å². The maximum absolute atomic E-state index is 11.0. The molecule has 0 amide bonds. The van der Waals surface area contributed by atoms with Gasteiger partial charge in [-0.05, 0) is 32.4 Å². The SMILES string of the molecule is C=CCCCN1CCCC(=O)C1. The van der Waals surface area contributed by atoms with Crippen molar-refractivity contribution in [1.29, 1.82) is 0 Å². The number of allylic oxidation sites excluding steroid dienone is 1. The van der Waals surface area contributed by atoms with Crippen LogP contribution in [0.1, 0.15) is 25.7 Å². The van der Waals surface area contributed by atoms with Crippen LogP contribution >= 0.6 is 0 Å². The second-order valence-corrected chi connectivity index (χ2v) is 3.35. The highest BCUT2D eigenvalue weighted by molar-refractivity contribution is 5.81. The van der Waals surface area contributed by atoms with Crippen molar-refractivity contribution >= 4 is 5.78 Å². The van der Waals surface area contributed by atoms with Crippen LogP contribution in [-0.2, 0) is 4.79 Å². The molecule has 0 bridgehead atoms. The Bertz CT molecular complexity index is 165. The number of nitrogens with zero attached hydrogens (tertiary/aromatic N) is 1. The molecular weight excluding hydrogens is 150 g/mol. The molecule has 0 aliphatic carbocycles. The van der Waals surface area contributed by atoms with Crippen LogP contribution in [-0.4, -0.2) is 30.3 Å². The number of carbonyl (C=O) groups is 1. The van der Waals surface area contributed by atoms with Crippen molar-refractivity contribution in [3.8, 4) is 0 Å². The molecule has 1 rings (SSSR count). The third kappa shape index (κ3) is 3.18. The largest absolute Gasteiger partial charge is 0.298 e. The molecule has 1 saturated heterocycles. The van der Waals surface area contributed by atoms with E-state index in [4.69, 9.17) is 0 Å². The molecule has 1 fully saturated rings. The second kappa shape index (κ2) is 5.09. The lowest BCUT2D eigenvalue weighted by Gasteiger charge is -2.25. The molecule has 0 unspecified atom stereocenters. The van der Waals surface area contributed by atoms with Crippen molar-refractivity contribution < 1.29 is 4.79 Å². The summed E-state index contributed by atoms with van der Waals surface area (Å²) in [6.07, 6.45) is 5.97. The number of carbonyl (C=O) groups excluding carboxylic acids is 1. The summed E-state index contributed by atoms with van der Waals surface area (Å²) < 4.78 is 0. The highest BCUT2D eigenvalue weighted by Gasteiger charge is 2.15. The summed E-state index contributed by atoms with van der Waals surface area (Å²) in [5.41, 5.74) is 0. The van der Waals surface area contributed by atoms with E-state index in [1.807, 2.05) is 6.08 Å². The minimum Gasteiger partial charge on any atom is -0.298 e. The van der Waals surface area contributed by atoms with E-state index in [0.29, 0.717) is 12.3 Å². The third-order valence-corrected chi connectivity index (χ3v) is 2.21. The Hall–Kier alpha value is -0.630. The number of Topliss-reactive ketones (excluding diaryl/α,β-unsaturated/α-hetero) is 1. The Balaban J connectivity index is 2.14. The summed E-state index contributed by atoms with van der Waals surface area (Å²) in [5.74, 6) is 0.403.